The van der Waals surface area contributed by atoms with Crippen LogP contribution in [0.1, 0.15) is 74.1 Å². The number of hydrogen-bond donors (Lipinski definition) is 1. The maximum absolute atomic E-state index is 14.7. The Hall–Kier alpha value is -2.19. The van der Waals surface area contributed by atoms with Crippen LogP contribution >= 0.6 is 0 Å². The van der Waals surface area contributed by atoms with Crippen molar-refractivity contribution in [3.63, 3.8) is 0 Å². The van der Waals surface area contributed by atoms with E-state index in [2.05, 4.69) is 33.9 Å². The summed E-state index contributed by atoms with van der Waals surface area (Å²) in [6.45, 7) is 22.3. The molecule has 0 aromatic carbocycles. The highest BCUT2D eigenvalue weighted by Gasteiger charge is 2.79. The Bertz CT molecular complexity index is 971. The molecule has 38 heavy (non-hydrogen) atoms. The molecule has 8 nitrogen and oxygen atoms in total. The van der Waals surface area contributed by atoms with Gasteiger partial charge in [-0.3, -0.25) is 14.4 Å². The second-order valence-electron chi connectivity index (χ2n) is 13.4. The lowest BCUT2D eigenvalue weighted by Gasteiger charge is -2.46. The van der Waals surface area contributed by atoms with Crippen LogP contribution < -0.4 is 0 Å². The highest BCUT2D eigenvalue weighted by Crippen LogP contribution is 2.65. The minimum absolute atomic E-state index is 0.0462. The van der Waals surface area contributed by atoms with Crippen molar-refractivity contribution < 1.29 is 24.2 Å². The Morgan fingerprint density at radius 1 is 1.16 bits per heavy atom. The van der Waals surface area contributed by atoms with Crippen molar-refractivity contribution in [2.45, 2.75) is 103 Å². The van der Waals surface area contributed by atoms with Crippen molar-refractivity contribution in [1.82, 2.24) is 14.7 Å². The summed E-state index contributed by atoms with van der Waals surface area (Å²) < 4.78 is 6.86. The van der Waals surface area contributed by atoms with Crippen LogP contribution in [0.2, 0.25) is 0 Å². The Morgan fingerprint density at radius 2 is 1.76 bits per heavy atom. The van der Waals surface area contributed by atoms with E-state index >= 15 is 0 Å². The molecule has 1 spiro atoms. The zero-order valence-electron chi connectivity index (χ0n) is 24.7. The molecule has 3 fully saturated rings. The maximum Gasteiger partial charge on any atom is 0.249 e. The van der Waals surface area contributed by atoms with Gasteiger partial charge in [0.1, 0.15) is 11.6 Å². The number of likely N-dealkylation sites (N-methyl/N-ethyl adjacent to an activating group) is 1. The summed E-state index contributed by atoms with van der Waals surface area (Å²) in [5, 5.41) is 10.2. The number of amides is 3. The zero-order valence-corrected chi connectivity index (χ0v) is 24.7. The Balaban J connectivity index is 2.17. The van der Waals surface area contributed by atoms with Crippen molar-refractivity contribution in [3.05, 3.63) is 25.3 Å². The fraction of sp³-hybridized carbons (Fsp3) is 0.767. The van der Waals surface area contributed by atoms with E-state index in [1.54, 1.807) is 31.0 Å². The number of likely N-dealkylation sites (tertiary alicyclic amines) is 1. The van der Waals surface area contributed by atoms with Gasteiger partial charge >= 0.3 is 0 Å². The van der Waals surface area contributed by atoms with Gasteiger partial charge in [-0.15, -0.1) is 13.2 Å². The topological polar surface area (TPSA) is 90.4 Å². The molecule has 3 saturated heterocycles. The predicted molar refractivity (Wildman–Crippen MR) is 148 cm³/mol. The second-order valence-corrected chi connectivity index (χ2v) is 13.4. The third-order valence-electron chi connectivity index (χ3n) is 8.91. The second kappa shape index (κ2) is 10.4. The zero-order chi connectivity index (χ0) is 28.8. The lowest BCUT2D eigenvalue weighted by atomic mass is 9.64. The van der Waals surface area contributed by atoms with Gasteiger partial charge in [0, 0.05) is 25.7 Å². The first-order chi connectivity index (χ1) is 17.6. The Labute approximate surface area is 229 Å². The molecule has 8 heteroatoms. The van der Waals surface area contributed by atoms with Gasteiger partial charge in [-0.25, -0.2) is 0 Å². The molecule has 3 aliphatic rings. The molecule has 6 atom stereocenters. The van der Waals surface area contributed by atoms with Crippen LogP contribution in [0, 0.1) is 17.3 Å². The van der Waals surface area contributed by atoms with E-state index in [1.807, 2.05) is 25.7 Å². The fourth-order valence-electron chi connectivity index (χ4n) is 7.70. The monoisotopic (exact) mass is 531 g/mol. The number of hydrogen-bond acceptors (Lipinski definition) is 5. The predicted octanol–water partition coefficient (Wildman–Crippen LogP) is 3.40. The van der Waals surface area contributed by atoms with Gasteiger partial charge in [0.2, 0.25) is 17.7 Å². The quantitative estimate of drug-likeness (QED) is 0.413. The molecule has 0 radical (unpaired) electrons. The summed E-state index contributed by atoms with van der Waals surface area (Å²) >= 11 is 0. The standard InChI is InChI=1S/C30H49N3O5/c1-11-16-31(10)24(35)21-22-25(36)33(20(4)18-34)23(30(22)15-14-29(21,13-3)38-30)26(37)32(17-12-2)28(8,9)19-27(5,6)7/h11-12,20-23,34H,1-2,13-19H2,3-10H3/t20-,21+,22+,23?,29-,30?/m1/s1. The Kier molecular flexibility index (Phi) is 8.32. The molecular formula is C30H49N3O5. The Morgan fingerprint density at radius 3 is 2.26 bits per heavy atom. The lowest BCUT2D eigenvalue weighted by molar-refractivity contribution is -0.160. The average molecular weight is 532 g/mol. The van der Waals surface area contributed by atoms with Crippen LogP contribution in [0.4, 0.5) is 0 Å². The number of carbonyl (C=O) groups is 3. The summed E-state index contributed by atoms with van der Waals surface area (Å²) in [6.07, 6.45) is 5.79. The average Bonchev–Trinajstić information content (AvgIpc) is 3.43. The van der Waals surface area contributed by atoms with Crippen LogP contribution in [-0.4, -0.2) is 93.1 Å². The van der Waals surface area contributed by atoms with Crippen LogP contribution in [-0.2, 0) is 19.1 Å². The SMILES string of the molecule is C=CCN(C)C(=O)[C@@H]1[C@H]2C(=O)N([C@H](C)CO)C(C(=O)N(CC=C)C(C)(C)CC(C)(C)C)C23CC[C@@]1(CC)O3. The highest BCUT2D eigenvalue weighted by atomic mass is 16.5. The van der Waals surface area contributed by atoms with E-state index in [0.29, 0.717) is 32.4 Å². The van der Waals surface area contributed by atoms with E-state index in [9.17, 15) is 19.5 Å². The van der Waals surface area contributed by atoms with Crippen LogP contribution in [0.5, 0.6) is 0 Å². The third-order valence-corrected chi connectivity index (χ3v) is 8.91. The minimum atomic E-state index is -1.12. The largest absolute Gasteiger partial charge is 0.394 e. The van der Waals surface area contributed by atoms with E-state index in [0.717, 1.165) is 6.42 Å². The molecule has 3 aliphatic heterocycles. The summed E-state index contributed by atoms with van der Waals surface area (Å²) in [5.41, 5.74) is -2.51. The third kappa shape index (κ3) is 4.72. The summed E-state index contributed by atoms with van der Waals surface area (Å²) in [4.78, 5) is 47.7. The lowest BCUT2D eigenvalue weighted by Crippen LogP contribution is -2.62. The number of aliphatic hydroxyl groups is 1. The molecule has 0 aromatic heterocycles. The van der Waals surface area contributed by atoms with Gasteiger partial charge in [0.05, 0.1) is 30.1 Å². The van der Waals surface area contributed by atoms with Gasteiger partial charge in [-0.05, 0) is 51.9 Å². The van der Waals surface area contributed by atoms with Crippen LogP contribution in [0.3, 0.4) is 0 Å². The molecule has 3 amide bonds. The maximum atomic E-state index is 14.7. The first-order valence-electron chi connectivity index (χ1n) is 14.0. The fourth-order valence-corrected chi connectivity index (χ4v) is 7.70. The van der Waals surface area contributed by atoms with Gasteiger partial charge < -0.3 is 24.5 Å². The molecule has 214 valence electrons. The van der Waals surface area contributed by atoms with Crippen molar-refractivity contribution in [1.29, 1.82) is 0 Å². The van der Waals surface area contributed by atoms with E-state index in [4.69, 9.17) is 4.74 Å². The van der Waals surface area contributed by atoms with Gasteiger partial charge in [0.15, 0.2) is 0 Å². The van der Waals surface area contributed by atoms with Crippen LogP contribution in [0.15, 0.2) is 25.3 Å². The van der Waals surface area contributed by atoms with Crippen molar-refractivity contribution in [3.8, 4) is 0 Å². The van der Waals surface area contributed by atoms with Crippen LogP contribution in [0.25, 0.3) is 0 Å². The number of nitrogens with zero attached hydrogens (tertiary/aromatic N) is 3. The number of rotatable bonds is 11. The number of ether oxygens (including phenoxy) is 1. The molecule has 0 aromatic rings. The van der Waals surface area contributed by atoms with Crippen molar-refractivity contribution >= 4 is 17.7 Å². The first-order valence-corrected chi connectivity index (χ1v) is 14.0. The number of fused-ring (bicyclic) bond motifs is 1. The first kappa shape index (κ1) is 30.4. The van der Waals surface area contributed by atoms with Crippen molar-refractivity contribution in [2.75, 3.05) is 26.7 Å². The summed E-state index contributed by atoms with van der Waals surface area (Å²) in [5.74, 6) is -2.13. The highest BCUT2D eigenvalue weighted by molar-refractivity contribution is 5.99. The molecule has 0 saturated carbocycles. The number of carbonyl (C=O) groups excluding carboxylic acids is 3. The molecule has 2 unspecified atom stereocenters. The van der Waals surface area contributed by atoms with E-state index in [-0.39, 0.29) is 29.7 Å². The smallest absolute Gasteiger partial charge is 0.249 e. The van der Waals surface area contributed by atoms with E-state index < -0.39 is 40.7 Å². The molecule has 3 heterocycles. The summed E-state index contributed by atoms with van der Waals surface area (Å²) in [7, 11) is 1.71. The van der Waals surface area contributed by atoms with Gasteiger partial charge in [-0.2, -0.15) is 0 Å². The normalized spacial score (nSPS) is 31.2. The molecule has 3 rings (SSSR count). The summed E-state index contributed by atoms with van der Waals surface area (Å²) in [6, 6.07) is -1.54. The number of aliphatic hydroxyl groups excluding tert-OH is 1. The van der Waals surface area contributed by atoms with E-state index in [1.165, 1.54) is 4.90 Å². The van der Waals surface area contributed by atoms with Gasteiger partial charge in [0.25, 0.3) is 0 Å². The molecular weight excluding hydrogens is 482 g/mol. The van der Waals surface area contributed by atoms with Gasteiger partial charge in [-0.1, -0.05) is 39.8 Å². The molecule has 1 N–H and O–H groups in total. The van der Waals surface area contributed by atoms with Crippen molar-refractivity contribution in [2.24, 2.45) is 17.3 Å². The molecule has 2 bridgehead atoms. The molecule has 0 aliphatic carbocycles. The minimum Gasteiger partial charge on any atom is -0.394 e.